The Balaban J connectivity index is 3.49. The number of hydrogen-bond acceptors (Lipinski definition) is 2. The predicted octanol–water partition coefficient (Wildman–Crippen LogP) is 3.39. The second kappa shape index (κ2) is 4.84. The molecule has 0 saturated heterocycles. The second-order valence-corrected chi connectivity index (χ2v) is 5.33. The lowest BCUT2D eigenvalue weighted by Crippen LogP contribution is -2.40. The Bertz CT molecular complexity index is 442. The molecule has 0 spiro atoms. The van der Waals surface area contributed by atoms with Gasteiger partial charge in [0.2, 0.25) is 0 Å². The van der Waals surface area contributed by atoms with Crippen molar-refractivity contribution in [1.29, 1.82) is 0 Å². The minimum Gasteiger partial charge on any atom is -0.496 e. The van der Waals surface area contributed by atoms with Gasteiger partial charge < -0.3 is 10.5 Å². The highest BCUT2D eigenvalue weighted by atomic mass is 19.3. The summed E-state index contributed by atoms with van der Waals surface area (Å²) in [6, 6.07) is 3.30. The fourth-order valence-electron chi connectivity index (χ4n) is 1.95. The van der Waals surface area contributed by atoms with E-state index in [9.17, 15) is 8.78 Å². The predicted molar refractivity (Wildman–Crippen MR) is 69.2 cm³/mol. The van der Waals surface area contributed by atoms with Crippen LogP contribution in [0.2, 0.25) is 0 Å². The number of halogens is 2. The van der Waals surface area contributed by atoms with Crippen LogP contribution in [0.25, 0.3) is 0 Å². The van der Waals surface area contributed by atoms with Crippen LogP contribution in [0.1, 0.15) is 30.5 Å². The molecule has 0 amide bonds. The van der Waals surface area contributed by atoms with Crippen molar-refractivity contribution in [2.24, 2.45) is 11.1 Å². The molecule has 4 heteroatoms. The van der Waals surface area contributed by atoms with Gasteiger partial charge in [0, 0.05) is 12.0 Å². The van der Waals surface area contributed by atoms with Gasteiger partial charge in [-0.25, -0.2) is 8.78 Å². The Morgan fingerprint density at radius 2 is 1.78 bits per heavy atom. The Kier molecular flexibility index (Phi) is 4.01. The number of hydrogen-bond donors (Lipinski definition) is 1. The average Bonchev–Trinajstić information content (AvgIpc) is 2.27. The molecule has 2 nitrogen and oxygen atoms in total. The highest BCUT2D eigenvalue weighted by Gasteiger charge is 2.49. The van der Waals surface area contributed by atoms with E-state index in [-0.39, 0.29) is 17.9 Å². The molecule has 0 unspecified atom stereocenters. The van der Waals surface area contributed by atoms with Crippen LogP contribution >= 0.6 is 0 Å². The lowest BCUT2D eigenvalue weighted by Gasteiger charge is -2.34. The first-order valence-corrected chi connectivity index (χ1v) is 5.91. The molecule has 0 saturated carbocycles. The third kappa shape index (κ3) is 2.34. The largest absolute Gasteiger partial charge is 0.496 e. The van der Waals surface area contributed by atoms with Crippen molar-refractivity contribution in [1.82, 2.24) is 0 Å². The number of methoxy groups -OCH3 is 1. The molecular formula is C14H21F2NO. The highest BCUT2D eigenvalue weighted by Crippen LogP contribution is 2.48. The van der Waals surface area contributed by atoms with Crippen molar-refractivity contribution < 1.29 is 13.5 Å². The Morgan fingerprint density at radius 3 is 2.22 bits per heavy atom. The summed E-state index contributed by atoms with van der Waals surface area (Å²) in [5, 5.41) is 0. The summed E-state index contributed by atoms with van der Waals surface area (Å²) in [5.74, 6) is -2.80. The van der Waals surface area contributed by atoms with Gasteiger partial charge in [0.15, 0.2) is 0 Å². The SMILES string of the molecule is COc1c(C)cc(C)cc1C(F)(F)C(C)(C)CN. The van der Waals surface area contributed by atoms with Gasteiger partial charge in [-0.3, -0.25) is 0 Å². The van der Waals surface area contributed by atoms with Gasteiger partial charge in [0.1, 0.15) is 5.75 Å². The molecule has 0 atom stereocenters. The van der Waals surface area contributed by atoms with Crippen molar-refractivity contribution in [2.75, 3.05) is 13.7 Å². The van der Waals surface area contributed by atoms with Gasteiger partial charge in [0.25, 0.3) is 5.92 Å². The highest BCUT2D eigenvalue weighted by molar-refractivity contribution is 5.46. The standard InChI is InChI=1S/C14H21F2NO/c1-9-6-10(2)12(18-5)11(7-9)14(15,16)13(3,4)8-17/h6-7H,8,17H2,1-5H3. The van der Waals surface area contributed by atoms with Crippen molar-refractivity contribution in [3.8, 4) is 5.75 Å². The molecule has 0 aliphatic rings. The number of benzene rings is 1. The summed E-state index contributed by atoms with van der Waals surface area (Å²) < 4.78 is 34.3. The maximum atomic E-state index is 14.6. The van der Waals surface area contributed by atoms with Crippen LogP contribution in [-0.2, 0) is 5.92 Å². The summed E-state index contributed by atoms with van der Waals surface area (Å²) in [6.45, 7) is 6.38. The quantitative estimate of drug-likeness (QED) is 0.897. The number of alkyl halides is 2. The fourth-order valence-corrected chi connectivity index (χ4v) is 1.95. The van der Waals surface area contributed by atoms with Crippen LogP contribution in [0.15, 0.2) is 12.1 Å². The lowest BCUT2D eigenvalue weighted by atomic mass is 9.80. The van der Waals surface area contributed by atoms with Crippen molar-refractivity contribution in [3.05, 3.63) is 28.8 Å². The van der Waals surface area contributed by atoms with Crippen molar-refractivity contribution >= 4 is 0 Å². The van der Waals surface area contributed by atoms with E-state index in [0.29, 0.717) is 5.56 Å². The van der Waals surface area contributed by atoms with E-state index in [4.69, 9.17) is 10.5 Å². The molecule has 1 aromatic carbocycles. The lowest BCUT2D eigenvalue weighted by molar-refractivity contribution is -0.110. The van der Waals surface area contributed by atoms with E-state index >= 15 is 0 Å². The van der Waals surface area contributed by atoms with E-state index in [2.05, 4.69) is 0 Å². The van der Waals surface area contributed by atoms with Gasteiger partial charge in [-0.1, -0.05) is 25.5 Å². The minimum absolute atomic E-state index is 0.0852. The zero-order valence-electron chi connectivity index (χ0n) is 11.6. The summed E-state index contributed by atoms with van der Waals surface area (Å²) in [7, 11) is 1.41. The molecule has 1 aromatic rings. The molecule has 0 radical (unpaired) electrons. The topological polar surface area (TPSA) is 35.2 Å². The van der Waals surface area contributed by atoms with Gasteiger partial charge >= 0.3 is 0 Å². The maximum Gasteiger partial charge on any atom is 0.282 e. The molecule has 0 aliphatic carbocycles. The Hall–Kier alpha value is -1.16. The van der Waals surface area contributed by atoms with Crippen LogP contribution in [-0.4, -0.2) is 13.7 Å². The van der Waals surface area contributed by atoms with Crippen molar-refractivity contribution in [2.45, 2.75) is 33.6 Å². The van der Waals surface area contributed by atoms with E-state index in [1.807, 2.05) is 6.07 Å². The number of aryl methyl sites for hydroxylation is 2. The minimum atomic E-state index is -3.04. The molecule has 18 heavy (non-hydrogen) atoms. The van der Waals surface area contributed by atoms with Crippen LogP contribution < -0.4 is 10.5 Å². The van der Waals surface area contributed by atoms with Crippen LogP contribution in [0.4, 0.5) is 8.78 Å². The fraction of sp³-hybridized carbons (Fsp3) is 0.571. The van der Waals surface area contributed by atoms with Crippen molar-refractivity contribution in [3.63, 3.8) is 0 Å². The molecule has 0 heterocycles. The molecule has 0 aliphatic heterocycles. The third-order valence-electron chi connectivity index (χ3n) is 3.32. The molecule has 0 fully saturated rings. The molecule has 2 N–H and O–H groups in total. The molecular weight excluding hydrogens is 236 g/mol. The van der Waals surface area contributed by atoms with E-state index in [1.165, 1.54) is 27.0 Å². The second-order valence-electron chi connectivity index (χ2n) is 5.33. The van der Waals surface area contributed by atoms with Crippen LogP contribution in [0.3, 0.4) is 0 Å². The first kappa shape index (κ1) is 14.9. The summed E-state index contributed by atoms with van der Waals surface area (Å²) >= 11 is 0. The normalized spacial score (nSPS) is 12.7. The number of nitrogens with two attached hydrogens (primary N) is 1. The first-order valence-electron chi connectivity index (χ1n) is 5.91. The molecule has 102 valence electrons. The van der Waals surface area contributed by atoms with E-state index < -0.39 is 11.3 Å². The number of ether oxygens (including phenoxy) is 1. The first-order chi connectivity index (χ1) is 8.17. The third-order valence-corrected chi connectivity index (χ3v) is 3.32. The maximum absolute atomic E-state index is 14.6. The van der Waals surface area contributed by atoms with E-state index in [0.717, 1.165) is 5.56 Å². The van der Waals surface area contributed by atoms with E-state index in [1.54, 1.807) is 13.8 Å². The van der Waals surface area contributed by atoms with Gasteiger partial charge in [-0.05, 0) is 25.5 Å². The number of rotatable bonds is 4. The zero-order valence-corrected chi connectivity index (χ0v) is 11.6. The van der Waals surface area contributed by atoms with Crippen LogP contribution in [0.5, 0.6) is 5.75 Å². The molecule has 0 bridgehead atoms. The monoisotopic (exact) mass is 257 g/mol. The summed E-state index contributed by atoms with van der Waals surface area (Å²) in [4.78, 5) is 0. The smallest absolute Gasteiger partial charge is 0.282 e. The van der Waals surface area contributed by atoms with Gasteiger partial charge in [-0.15, -0.1) is 0 Å². The zero-order chi connectivity index (χ0) is 14.1. The summed E-state index contributed by atoms with van der Waals surface area (Å²) in [5.41, 5.74) is 5.57. The van der Waals surface area contributed by atoms with Gasteiger partial charge in [0.05, 0.1) is 12.7 Å². The van der Waals surface area contributed by atoms with Gasteiger partial charge in [-0.2, -0.15) is 0 Å². The Morgan fingerprint density at radius 1 is 1.22 bits per heavy atom. The molecule has 0 aromatic heterocycles. The molecule has 1 rings (SSSR count). The summed E-state index contributed by atoms with van der Waals surface area (Å²) in [6.07, 6.45) is 0. The average molecular weight is 257 g/mol. The Labute approximate surface area is 107 Å². The van der Waals surface area contributed by atoms with Crippen LogP contribution in [0, 0.1) is 19.3 Å².